The van der Waals surface area contributed by atoms with E-state index < -0.39 is 5.82 Å². The van der Waals surface area contributed by atoms with Crippen LogP contribution in [0.3, 0.4) is 0 Å². The number of ketones is 1. The average Bonchev–Trinajstić information content (AvgIpc) is 2.82. The van der Waals surface area contributed by atoms with Crippen LogP contribution < -0.4 is 5.32 Å². The molecule has 5 heteroatoms. The predicted molar refractivity (Wildman–Crippen MR) is 67.3 cm³/mol. The van der Waals surface area contributed by atoms with Crippen LogP contribution in [0.4, 0.5) is 4.39 Å². The zero-order valence-corrected chi connectivity index (χ0v) is 10.8. The first-order chi connectivity index (χ1) is 8.61. The summed E-state index contributed by atoms with van der Waals surface area (Å²) in [6, 6.07) is 4.51. The first kappa shape index (κ1) is 13.5. The van der Waals surface area contributed by atoms with Crippen molar-refractivity contribution < 1.29 is 13.9 Å². The Morgan fingerprint density at radius 3 is 3.00 bits per heavy atom. The van der Waals surface area contributed by atoms with Crippen LogP contribution >= 0.6 is 11.6 Å². The molecule has 1 aromatic rings. The van der Waals surface area contributed by atoms with Gasteiger partial charge in [-0.2, -0.15) is 0 Å². The molecule has 1 aliphatic heterocycles. The molecule has 2 rings (SSSR count). The second-order valence-electron chi connectivity index (χ2n) is 4.43. The molecule has 0 aromatic heterocycles. The lowest BCUT2D eigenvalue weighted by Crippen LogP contribution is -2.37. The molecule has 1 aliphatic rings. The summed E-state index contributed by atoms with van der Waals surface area (Å²) >= 11 is 5.60. The molecule has 98 valence electrons. The summed E-state index contributed by atoms with van der Waals surface area (Å²) in [6.07, 6.45) is 0.209. The fraction of sp³-hybridized carbons (Fsp3) is 0.462. The van der Waals surface area contributed by atoms with E-state index in [2.05, 4.69) is 5.32 Å². The van der Waals surface area contributed by atoms with Crippen LogP contribution in [-0.4, -0.2) is 32.1 Å². The smallest absolute Gasteiger partial charge is 0.144 e. The minimum absolute atomic E-state index is 0.0506. The largest absolute Gasteiger partial charge is 0.379 e. The van der Waals surface area contributed by atoms with Gasteiger partial charge in [0.2, 0.25) is 0 Å². The summed E-state index contributed by atoms with van der Waals surface area (Å²) in [4.78, 5) is 12.1. The quantitative estimate of drug-likeness (QED) is 0.908. The lowest BCUT2D eigenvalue weighted by atomic mass is 9.94. The average molecular weight is 272 g/mol. The van der Waals surface area contributed by atoms with E-state index in [1.54, 1.807) is 6.07 Å². The van der Waals surface area contributed by atoms with Crippen LogP contribution in [-0.2, 0) is 16.0 Å². The van der Waals surface area contributed by atoms with Crippen LogP contribution in [0.2, 0.25) is 5.02 Å². The highest BCUT2D eigenvalue weighted by atomic mass is 35.5. The van der Waals surface area contributed by atoms with Crippen molar-refractivity contribution in [2.45, 2.75) is 12.5 Å². The molecule has 1 fully saturated rings. The molecule has 0 spiro atoms. The van der Waals surface area contributed by atoms with E-state index >= 15 is 0 Å². The number of benzene rings is 1. The van der Waals surface area contributed by atoms with Gasteiger partial charge in [-0.25, -0.2) is 4.39 Å². The van der Waals surface area contributed by atoms with E-state index in [1.807, 2.05) is 7.05 Å². The van der Waals surface area contributed by atoms with E-state index in [1.165, 1.54) is 12.1 Å². The van der Waals surface area contributed by atoms with Gasteiger partial charge in [0.05, 0.1) is 24.2 Å². The number of nitrogens with one attached hydrogen (secondary N) is 1. The van der Waals surface area contributed by atoms with Gasteiger partial charge in [-0.05, 0) is 24.7 Å². The first-order valence-electron chi connectivity index (χ1n) is 5.83. The van der Waals surface area contributed by atoms with Crippen LogP contribution in [0.1, 0.15) is 5.56 Å². The monoisotopic (exact) mass is 271 g/mol. The molecule has 18 heavy (non-hydrogen) atoms. The maximum atomic E-state index is 13.3. The number of hydrogen-bond acceptors (Lipinski definition) is 3. The molecule has 2 unspecified atom stereocenters. The van der Waals surface area contributed by atoms with Crippen molar-refractivity contribution in [3.8, 4) is 0 Å². The van der Waals surface area contributed by atoms with Gasteiger partial charge in [-0.15, -0.1) is 0 Å². The highest BCUT2D eigenvalue weighted by Crippen LogP contribution is 2.20. The Balaban J connectivity index is 2.04. The third-order valence-corrected chi connectivity index (χ3v) is 3.53. The maximum absolute atomic E-state index is 13.3. The number of ether oxygens (including phenoxy) is 1. The minimum atomic E-state index is -0.491. The first-order valence-corrected chi connectivity index (χ1v) is 6.21. The van der Waals surface area contributed by atoms with Crippen molar-refractivity contribution in [1.82, 2.24) is 5.32 Å². The van der Waals surface area contributed by atoms with Crippen LogP contribution in [0.25, 0.3) is 0 Å². The Morgan fingerprint density at radius 2 is 2.33 bits per heavy atom. The minimum Gasteiger partial charge on any atom is -0.379 e. The normalized spacial score (nSPS) is 23.3. The van der Waals surface area contributed by atoms with Gasteiger partial charge in [0.25, 0.3) is 0 Å². The number of hydrogen-bond donors (Lipinski definition) is 1. The Morgan fingerprint density at radius 1 is 1.56 bits per heavy atom. The third kappa shape index (κ3) is 2.88. The molecule has 2 atom stereocenters. The second kappa shape index (κ2) is 5.78. The Labute approximate surface area is 110 Å². The molecule has 0 radical (unpaired) electrons. The van der Waals surface area contributed by atoms with E-state index in [0.717, 1.165) is 0 Å². The zero-order valence-electron chi connectivity index (χ0n) is 10.1. The summed E-state index contributed by atoms with van der Waals surface area (Å²) in [5.74, 6) is -0.586. The fourth-order valence-electron chi connectivity index (χ4n) is 2.14. The Kier molecular flexibility index (Phi) is 4.32. The number of carbonyl (C=O) groups excluding carboxylic acids is 1. The zero-order chi connectivity index (χ0) is 13.1. The van der Waals surface area contributed by atoms with Crippen molar-refractivity contribution >= 4 is 17.4 Å². The third-order valence-electron chi connectivity index (χ3n) is 3.23. The summed E-state index contributed by atoms with van der Waals surface area (Å²) in [5, 5.41) is 3.13. The number of halogens is 2. The maximum Gasteiger partial charge on any atom is 0.144 e. The number of Topliss-reactive ketones (excluding diaryl/α,β-unsaturated/α-hetero) is 1. The standard InChI is InChI=1S/C13H15ClFNO2/c1-16-12-7-18-6-9(12)13(17)5-8-2-3-10(14)11(15)4-8/h2-4,9,12,16H,5-7H2,1H3. The van der Waals surface area contributed by atoms with E-state index in [-0.39, 0.29) is 29.2 Å². The number of rotatable bonds is 4. The molecule has 1 saturated heterocycles. The van der Waals surface area contributed by atoms with E-state index in [4.69, 9.17) is 16.3 Å². The van der Waals surface area contributed by atoms with Gasteiger partial charge in [0.15, 0.2) is 0 Å². The van der Waals surface area contributed by atoms with Gasteiger partial charge in [-0.1, -0.05) is 17.7 Å². The van der Waals surface area contributed by atoms with E-state index in [9.17, 15) is 9.18 Å². The molecule has 0 bridgehead atoms. The summed E-state index contributed by atoms with van der Waals surface area (Å²) < 4.78 is 18.6. The second-order valence-corrected chi connectivity index (χ2v) is 4.84. The molecular weight excluding hydrogens is 257 g/mol. The molecule has 0 saturated carbocycles. The molecule has 1 aromatic carbocycles. The summed E-state index contributed by atoms with van der Waals surface area (Å²) in [6.45, 7) is 0.975. The van der Waals surface area contributed by atoms with Gasteiger partial charge in [0, 0.05) is 12.5 Å². The fourth-order valence-corrected chi connectivity index (χ4v) is 2.26. The molecule has 1 N–H and O–H groups in total. The van der Waals surface area contributed by atoms with Crippen LogP contribution in [0, 0.1) is 11.7 Å². The molecule has 0 amide bonds. The van der Waals surface area contributed by atoms with Crippen LogP contribution in [0.5, 0.6) is 0 Å². The Hall–Kier alpha value is -0.970. The van der Waals surface area contributed by atoms with Crippen LogP contribution in [0.15, 0.2) is 18.2 Å². The summed E-state index contributed by atoms with van der Waals surface area (Å²) in [7, 11) is 1.81. The van der Waals surface area contributed by atoms with Gasteiger partial charge in [-0.3, -0.25) is 4.79 Å². The van der Waals surface area contributed by atoms with Crippen molar-refractivity contribution in [2.75, 3.05) is 20.3 Å². The van der Waals surface area contributed by atoms with Gasteiger partial charge < -0.3 is 10.1 Å². The lowest BCUT2D eigenvalue weighted by molar-refractivity contribution is -0.122. The molecule has 3 nitrogen and oxygen atoms in total. The highest BCUT2D eigenvalue weighted by molar-refractivity contribution is 6.30. The van der Waals surface area contributed by atoms with Crippen molar-refractivity contribution in [2.24, 2.45) is 5.92 Å². The molecular formula is C13H15ClFNO2. The SMILES string of the molecule is CNC1COCC1C(=O)Cc1ccc(Cl)c(F)c1. The van der Waals surface area contributed by atoms with Crippen molar-refractivity contribution in [3.05, 3.63) is 34.6 Å². The van der Waals surface area contributed by atoms with E-state index in [0.29, 0.717) is 18.8 Å². The van der Waals surface area contributed by atoms with Crippen molar-refractivity contribution in [3.63, 3.8) is 0 Å². The number of likely N-dealkylation sites (N-methyl/N-ethyl adjacent to an activating group) is 1. The lowest BCUT2D eigenvalue weighted by Gasteiger charge is -2.15. The summed E-state index contributed by atoms with van der Waals surface area (Å²) in [5.41, 5.74) is 0.642. The van der Waals surface area contributed by atoms with Gasteiger partial charge in [0.1, 0.15) is 11.6 Å². The highest BCUT2D eigenvalue weighted by Gasteiger charge is 2.32. The van der Waals surface area contributed by atoms with Gasteiger partial charge >= 0.3 is 0 Å². The molecule has 0 aliphatic carbocycles. The Bertz CT molecular complexity index is 453. The number of carbonyl (C=O) groups is 1. The van der Waals surface area contributed by atoms with Crippen molar-refractivity contribution in [1.29, 1.82) is 0 Å². The topological polar surface area (TPSA) is 38.3 Å². The predicted octanol–water partition coefficient (Wildman–Crippen LogP) is 1.83. The molecule has 1 heterocycles.